The van der Waals surface area contributed by atoms with E-state index in [2.05, 4.69) is 36.5 Å². The van der Waals surface area contributed by atoms with Gasteiger partial charge in [-0.05, 0) is 64.9 Å². The van der Waals surface area contributed by atoms with Gasteiger partial charge in [0.25, 0.3) is 0 Å². The van der Waals surface area contributed by atoms with E-state index in [1.165, 1.54) is 0 Å². The first-order valence-corrected chi connectivity index (χ1v) is 8.62. The molecule has 0 bridgehead atoms. The van der Waals surface area contributed by atoms with E-state index in [9.17, 15) is 0 Å². The van der Waals surface area contributed by atoms with Gasteiger partial charge in [0.15, 0.2) is 5.82 Å². The topological polar surface area (TPSA) is 67.8 Å². The average molecular weight is 406 g/mol. The van der Waals surface area contributed by atoms with Crippen molar-refractivity contribution in [1.29, 1.82) is 0 Å². The highest BCUT2D eigenvalue weighted by Gasteiger charge is 2.09. The maximum Gasteiger partial charge on any atom is 0.214 e. The summed E-state index contributed by atoms with van der Waals surface area (Å²) >= 11 is 8.83. The molecular weight excluding hydrogens is 390 g/mol. The lowest BCUT2D eigenvalue weighted by Crippen LogP contribution is -2.16. The summed E-state index contributed by atoms with van der Waals surface area (Å²) in [6, 6.07) is 9.75. The first-order chi connectivity index (χ1) is 11.7. The molecule has 0 saturated heterocycles. The molecule has 2 aromatic heterocycles. The number of ether oxygens (including phenoxy) is 1. The van der Waals surface area contributed by atoms with E-state index in [0.29, 0.717) is 23.7 Å². The highest BCUT2D eigenvalue weighted by atomic mass is 79.9. The van der Waals surface area contributed by atoms with Crippen LogP contribution in [0, 0.1) is 4.77 Å². The first kappa shape index (κ1) is 16.7. The Morgan fingerprint density at radius 2 is 2.08 bits per heavy atom. The van der Waals surface area contributed by atoms with Crippen LogP contribution in [0.25, 0.3) is 11.4 Å². The van der Waals surface area contributed by atoms with Crippen LogP contribution in [0.15, 0.2) is 47.2 Å². The normalized spacial score (nSPS) is 10.6. The third-order valence-electron chi connectivity index (χ3n) is 3.35. The molecule has 0 aliphatic heterocycles. The fraction of sp³-hybridized carbons (Fsp3) is 0.188. The maximum atomic E-state index is 5.53. The Balaban J connectivity index is 1.79. The van der Waals surface area contributed by atoms with Crippen LogP contribution in [0.4, 0.5) is 0 Å². The molecule has 0 spiro atoms. The van der Waals surface area contributed by atoms with E-state index in [4.69, 9.17) is 17.0 Å². The van der Waals surface area contributed by atoms with Gasteiger partial charge in [-0.2, -0.15) is 5.10 Å². The number of H-pyrrole nitrogens is 1. The number of halogens is 1. The molecule has 0 unspecified atom stereocenters. The minimum Gasteiger partial charge on any atom is -0.493 e. The van der Waals surface area contributed by atoms with Crippen LogP contribution < -0.4 is 10.2 Å². The Morgan fingerprint density at radius 1 is 1.29 bits per heavy atom. The summed E-state index contributed by atoms with van der Waals surface area (Å²) in [4.78, 5) is 4.02. The van der Waals surface area contributed by atoms with Gasteiger partial charge in [0.1, 0.15) is 5.75 Å². The molecule has 3 rings (SSSR count). The summed E-state index contributed by atoms with van der Waals surface area (Å²) in [5, 5.41) is 7.09. The van der Waals surface area contributed by atoms with Gasteiger partial charge in [-0.15, -0.1) is 0 Å². The van der Waals surface area contributed by atoms with Crippen molar-refractivity contribution in [2.24, 2.45) is 0 Å². The molecule has 0 radical (unpaired) electrons. The molecule has 0 saturated carbocycles. The van der Waals surface area contributed by atoms with Gasteiger partial charge in [0.05, 0.1) is 17.6 Å². The zero-order chi connectivity index (χ0) is 16.9. The van der Waals surface area contributed by atoms with Gasteiger partial charge < -0.3 is 10.2 Å². The number of benzene rings is 1. The molecule has 24 heavy (non-hydrogen) atoms. The Morgan fingerprint density at radius 3 is 2.79 bits per heavy atom. The molecule has 2 heterocycles. The van der Waals surface area contributed by atoms with Gasteiger partial charge in [-0.1, -0.05) is 6.07 Å². The number of pyridine rings is 1. The fourth-order valence-electron chi connectivity index (χ4n) is 2.24. The number of hydrogen-bond acceptors (Lipinski definition) is 5. The molecule has 0 aliphatic rings. The maximum absolute atomic E-state index is 5.53. The number of rotatable bonds is 6. The predicted octanol–water partition coefficient (Wildman–Crippen LogP) is 3.91. The minimum atomic E-state index is 0.506. The highest BCUT2D eigenvalue weighted by molar-refractivity contribution is 9.10. The van der Waals surface area contributed by atoms with E-state index < -0.39 is 0 Å². The fourth-order valence-corrected chi connectivity index (χ4v) is 2.97. The standard InChI is InChI=1S/C16H16BrN5OS/c1-2-23-14-4-3-11(9-13(14)17)10-19-22-15(20-21-16(22)24)12-5-7-18-8-6-12/h3-9,19H,2,10H2,1H3,(H,21,24). The third kappa shape index (κ3) is 3.65. The van der Waals surface area contributed by atoms with Crippen molar-refractivity contribution in [1.82, 2.24) is 19.9 Å². The lowest BCUT2D eigenvalue weighted by Gasteiger charge is -2.12. The highest BCUT2D eigenvalue weighted by Crippen LogP contribution is 2.26. The van der Waals surface area contributed by atoms with Crippen LogP contribution >= 0.6 is 28.1 Å². The first-order valence-electron chi connectivity index (χ1n) is 7.42. The molecule has 3 aromatic rings. The lowest BCUT2D eigenvalue weighted by atomic mass is 10.2. The van der Waals surface area contributed by atoms with Crippen LogP contribution in [-0.4, -0.2) is 26.5 Å². The predicted molar refractivity (Wildman–Crippen MR) is 99.0 cm³/mol. The van der Waals surface area contributed by atoms with Crippen molar-refractivity contribution in [3.05, 3.63) is 57.5 Å². The number of aromatic nitrogens is 4. The number of nitrogens with zero attached hydrogens (tertiary/aromatic N) is 3. The summed E-state index contributed by atoms with van der Waals surface area (Å²) in [5.74, 6) is 1.55. The molecule has 8 heteroatoms. The monoisotopic (exact) mass is 405 g/mol. The SMILES string of the molecule is CCOc1ccc(CNn2c(-c3ccncc3)n[nH]c2=S)cc1Br. The molecule has 0 atom stereocenters. The molecule has 2 N–H and O–H groups in total. The second kappa shape index (κ2) is 7.59. The molecule has 0 aliphatic carbocycles. The smallest absolute Gasteiger partial charge is 0.214 e. The zero-order valence-corrected chi connectivity index (χ0v) is 15.4. The van der Waals surface area contributed by atoms with Crippen molar-refractivity contribution in [2.75, 3.05) is 12.0 Å². The Labute approximate surface area is 153 Å². The summed E-state index contributed by atoms with van der Waals surface area (Å²) in [5.41, 5.74) is 5.31. The summed E-state index contributed by atoms with van der Waals surface area (Å²) in [6.45, 7) is 3.19. The van der Waals surface area contributed by atoms with E-state index >= 15 is 0 Å². The Bertz CT molecular complexity index is 878. The summed E-state index contributed by atoms with van der Waals surface area (Å²) in [6.07, 6.45) is 3.45. The lowest BCUT2D eigenvalue weighted by molar-refractivity contribution is 0.338. The van der Waals surface area contributed by atoms with Gasteiger partial charge in [-0.25, -0.2) is 9.77 Å². The Hall–Kier alpha value is -2.19. The van der Waals surface area contributed by atoms with Crippen molar-refractivity contribution in [3.8, 4) is 17.1 Å². The van der Waals surface area contributed by atoms with Gasteiger partial charge >= 0.3 is 0 Å². The molecular formula is C16H16BrN5OS. The van der Waals surface area contributed by atoms with Gasteiger partial charge in [0.2, 0.25) is 4.77 Å². The average Bonchev–Trinajstić information content (AvgIpc) is 2.97. The molecule has 0 amide bonds. The minimum absolute atomic E-state index is 0.506. The van der Waals surface area contributed by atoms with Crippen molar-refractivity contribution >= 4 is 28.1 Å². The second-order valence-corrected chi connectivity index (χ2v) is 6.20. The van der Waals surface area contributed by atoms with E-state index in [0.717, 1.165) is 21.3 Å². The van der Waals surface area contributed by atoms with Crippen LogP contribution in [0.5, 0.6) is 5.75 Å². The number of aromatic amines is 1. The van der Waals surface area contributed by atoms with Crippen LogP contribution in [0.3, 0.4) is 0 Å². The number of nitrogens with one attached hydrogen (secondary N) is 2. The van der Waals surface area contributed by atoms with Crippen LogP contribution in [0.2, 0.25) is 0 Å². The largest absolute Gasteiger partial charge is 0.493 e. The molecule has 1 aromatic carbocycles. The third-order valence-corrected chi connectivity index (χ3v) is 4.24. The summed E-state index contributed by atoms with van der Waals surface area (Å²) in [7, 11) is 0. The van der Waals surface area contributed by atoms with Crippen LogP contribution in [-0.2, 0) is 6.54 Å². The second-order valence-electron chi connectivity index (χ2n) is 4.96. The Kier molecular flexibility index (Phi) is 5.27. The van der Waals surface area contributed by atoms with Crippen LogP contribution in [0.1, 0.15) is 12.5 Å². The van der Waals surface area contributed by atoms with E-state index in [1.807, 2.05) is 37.3 Å². The van der Waals surface area contributed by atoms with Crippen molar-refractivity contribution in [2.45, 2.75) is 13.5 Å². The van der Waals surface area contributed by atoms with Gasteiger partial charge in [-0.3, -0.25) is 4.98 Å². The van der Waals surface area contributed by atoms with E-state index in [1.54, 1.807) is 17.1 Å². The van der Waals surface area contributed by atoms with Crippen molar-refractivity contribution < 1.29 is 4.74 Å². The molecule has 124 valence electrons. The molecule has 6 nitrogen and oxygen atoms in total. The van der Waals surface area contributed by atoms with Crippen molar-refractivity contribution in [3.63, 3.8) is 0 Å². The quantitative estimate of drug-likeness (QED) is 0.608. The zero-order valence-electron chi connectivity index (χ0n) is 13.0. The number of hydrogen-bond donors (Lipinski definition) is 2. The van der Waals surface area contributed by atoms with Gasteiger partial charge in [0, 0.05) is 18.0 Å². The van der Waals surface area contributed by atoms with E-state index in [-0.39, 0.29) is 0 Å². The molecule has 0 fully saturated rings. The summed E-state index contributed by atoms with van der Waals surface area (Å²) < 4.78 is 8.72.